The molecule has 1 atom stereocenters. The fourth-order valence-corrected chi connectivity index (χ4v) is 2.30. The third kappa shape index (κ3) is 3.93. The van der Waals surface area contributed by atoms with E-state index in [1.54, 1.807) is 6.20 Å². The molecule has 0 amide bonds. The molecular formula is C15H17BrN2. The van der Waals surface area contributed by atoms with Gasteiger partial charge >= 0.3 is 0 Å². The molecule has 18 heavy (non-hydrogen) atoms. The van der Waals surface area contributed by atoms with Crippen LogP contribution in [0, 0.1) is 0 Å². The molecule has 0 aliphatic carbocycles. The van der Waals surface area contributed by atoms with Crippen LogP contribution in [0.3, 0.4) is 0 Å². The summed E-state index contributed by atoms with van der Waals surface area (Å²) in [6, 6.07) is 12.7. The van der Waals surface area contributed by atoms with E-state index < -0.39 is 0 Å². The molecule has 0 saturated carbocycles. The number of pyridine rings is 1. The van der Waals surface area contributed by atoms with Gasteiger partial charge in [0.25, 0.3) is 0 Å². The molecule has 2 nitrogen and oxygen atoms in total. The largest absolute Gasteiger partial charge is 0.312 e. The van der Waals surface area contributed by atoms with Gasteiger partial charge in [-0.05, 0) is 39.0 Å². The molecule has 3 heteroatoms. The highest BCUT2D eigenvalue weighted by Crippen LogP contribution is 2.14. The normalized spacial score (nSPS) is 12.3. The van der Waals surface area contributed by atoms with Gasteiger partial charge < -0.3 is 5.32 Å². The summed E-state index contributed by atoms with van der Waals surface area (Å²) in [4.78, 5) is 4.15. The van der Waals surface area contributed by atoms with E-state index in [1.165, 1.54) is 11.1 Å². The van der Waals surface area contributed by atoms with Gasteiger partial charge in [0.15, 0.2) is 0 Å². The highest BCUT2D eigenvalue weighted by molar-refractivity contribution is 9.10. The van der Waals surface area contributed by atoms with Gasteiger partial charge in [0.1, 0.15) is 0 Å². The van der Waals surface area contributed by atoms with Crippen LogP contribution >= 0.6 is 15.9 Å². The van der Waals surface area contributed by atoms with Gasteiger partial charge in [0.2, 0.25) is 0 Å². The molecule has 1 unspecified atom stereocenters. The molecule has 0 saturated heterocycles. The standard InChI is InChI=1S/C15H17BrN2/c1-12(14-5-3-2-4-6-14)8-17-9-13-7-15(16)11-18-10-13/h2-7,10-12,17H,8-9H2,1H3. The van der Waals surface area contributed by atoms with Gasteiger partial charge in [-0.3, -0.25) is 4.98 Å². The highest BCUT2D eigenvalue weighted by Gasteiger charge is 2.04. The average molecular weight is 305 g/mol. The zero-order chi connectivity index (χ0) is 12.8. The predicted octanol–water partition coefficient (Wildman–Crippen LogP) is 3.74. The molecule has 0 spiro atoms. The van der Waals surface area contributed by atoms with Crippen molar-refractivity contribution in [3.05, 3.63) is 64.4 Å². The molecule has 0 aliphatic rings. The van der Waals surface area contributed by atoms with Crippen molar-refractivity contribution >= 4 is 15.9 Å². The van der Waals surface area contributed by atoms with Crippen LogP contribution in [0.25, 0.3) is 0 Å². The zero-order valence-electron chi connectivity index (χ0n) is 10.4. The first kappa shape index (κ1) is 13.2. The van der Waals surface area contributed by atoms with Gasteiger partial charge in [-0.1, -0.05) is 37.3 Å². The van der Waals surface area contributed by atoms with E-state index in [0.29, 0.717) is 5.92 Å². The lowest BCUT2D eigenvalue weighted by molar-refractivity contribution is 0.614. The van der Waals surface area contributed by atoms with E-state index in [-0.39, 0.29) is 0 Å². The summed E-state index contributed by atoms with van der Waals surface area (Å²) >= 11 is 3.43. The summed E-state index contributed by atoms with van der Waals surface area (Å²) in [5.74, 6) is 0.520. The van der Waals surface area contributed by atoms with Gasteiger partial charge in [-0.25, -0.2) is 0 Å². The van der Waals surface area contributed by atoms with E-state index in [9.17, 15) is 0 Å². The fraction of sp³-hybridized carbons (Fsp3) is 0.267. The SMILES string of the molecule is CC(CNCc1cncc(Br)c1)c1ccccc1. The van der Waals surface area contributed by atoms with Crippen molar-refractivity contribution in [3.63, 3.8) is 0 Å². The Bertz CT molecular complexity index is 485. The number of halogens is 1. The first-order valence-electron chi connectivity index (χ1n) is 6.11. The Kier molecular flexibility index (Phi) is 4.90. The third-order valence-electron chi connectivity index (χ3n) is 2.91. The summed E-state index contributed by atoms with van der Waals surface area (Å²) in [5, 5.41) is 3.47. The van der Waals surface area contributed by atoms with Gasteiger partial charge in [-0.15, -0.1) is 0 Å². The molecule has 1 aromatic carbocycles. The Balaban J connectivity index is 1.82. The van der Waals surface area contributed by atoms with Gasteiger partial charge in [-0.2, -0.15) is 0 Å². The van der Waals surface area contributed by atoms with Crippen LogP contribution in [0.2, 0.25) is 0 Å². The Hall–Kier alpha value is -1.19. The lowest BCUT2D eigenvalue weighted by atomic mass is 10.0. The maximum atomic E-state index is 4.15. The number of rotatable bonds is 5. The van der Waals surface area contributed by atoms with Crippen molar-refractivity contribution in [2.45, 2.75) is 19.4 Å². The quantitative estimate of drug-likeness (QED) is 0.910. The van der Waals surface area contributed by atoms with Gasteiger partial charge in [0, 0.05) is 30.0 Å². The van der Waals surface area contributed by atoms with Crippen molar-refractivity contribution in [1.82, 2.24) is 10.3 Å². The second-order valence-corrected chi connectivity index (χ2v) is 5.37. The van der Waals surface area contributed by atoms with Crippen LogP contribution in [0.15, 0.2) is 53.3 Å². The van der Waals surface area contributed by atoms with Crippen molar-refractivity contribution in [2.24, 2.45) is 0 Å². The Morgan fingerprint density at radius 1 is 1.22 bits per heavy atom. The monoisotopic (exact) mass is 304 g/mol. The lowest BCUT2D eigenvalue weighted by Gasteiger charge is -2.13. The molecule has 2 aromatic rings. The molecule has 1 heterocycles. The Morgan fingerprint density at radius 2 is 2.00 bits per heavy atom. The fourth-order valence-electron chi connectivity index (χ4n) is 1.88. The van der Waals surface area contributed by atoms with Crippen molar-refractivity contribution < 1.29 is 0 Å². The predicted molar refractivity (Wildman–Crippen MR) is 78.5 cm³/mol. The van der Waals surface area contributed by atoms with Crippen LogP contribution in [0.5, 0.6) is 0 Å². The summed E-state index contributed by atoms with van der Waals surface area (Å²) in [6.07, 6.45) is 3.70. The molecule has 0 fully saturated rings. The van der Waals surface area contributed by atoms with Crippen LogP contribution in [0.4, 0.5) is 0 Å². The molecule has 1 aromatic heterocycles. The van der Waals surface area contributed by atoms with E-state index in [4.69, 9.17) is 0 Å². The molecule has 1 N–H and O–H groups in total. The smallest absolute Gasteiger partial charge is 0.0410 e. The molecule has 94 valence electrons. The maximum absolute atomic E-state index is 4.15. The molecular weight excluding hydrogens is 288 g/mol. The van der Waals surface area contributed by atoms with Crippen LogP contribution in [0.1, 0.15) is 24.0 Å². The lowest BCUT2D eigenvalue weighted by Crippen LogP contribution is -2.19. The van der Waals surface area contributed by atoms with Crippen LogP contribution in [-0.2, 0) is 6.54 Å². The average Bonchev–Trinajstić information content (AvgIpc) is 2.40. The zero-order valence-corrected chi connectivity index (χ0v) is 12.0. The third-order valence-corrected chi connectivity index (χ3v) is 3.34. The molecule has 0 radical (unpaired) electrons. The van der Waals surface area contributed by atoms with Crippen LogP contribution in [-0.4, -0.2) is 11.5 Å². The summed E-state index contributed by atoms with van der Waals surface area (Å²) in [6.45, 7) is 4.06. The summed E-state index contributed by atoms with van der Waals surface area (Å²) in [5.41, 5.74) is 2.57. The summed E-state index contributed by atoms with van der Waals surface area (Å²) < 4.78 is 1.03. The van der Waals surface area contributed by atoms with Crippen molar-refractivity contribution in [3.8, 4) is 0 Å². The van der Waals surface area contributed by atoms with Crippen molar-refractivity contribution in [2.75, 3.05) is 6.54 Å². The first-order chi connectivity index (χ1) is 8.75. The molecule has 2 rings (SSSR count). The maximum Gasteiger partial charge on any atom is 0.0410 e. The number of hydrogen-bond donors (Lipinski definition) is 1. The van der Waals surface area contributed by atoms with E-state index in [0.717, 1.165) is 17.6 Å². The number of nitrogens with one attached hydrogen (secondary N) is 1. The minimum atomic E-state index is 0.520. The minimum Gasteiger partial charge on any atom is -0.312 e. The van der Waals surface area contributed by atoms with E-state index in [1.807, 2.05) is 6.20 Å². The highest BCUT2D eigenvalue weighted by atomic mass is 79.9. The Morgan fingerprint density at radius 3 is 2.72 bits per heavy atom. The van der Waals surface area contributed by atoms with E-state index in [2.05, 4.69) is 69.6 Å². The molecule has 0 bridgehead atoms. The second kappa shape index (κ2) is 6.66. The number of aromatic nitrogens is 1. The minimum absolute atomic E-state index is 0.520. The van der Waals surface area contributed by atoms with Crippen molar-refractivity contribution in [1.29, 1.82) is 0 Å². The Labute approximate surface area is 117 Å². The number of benzene rings is 1. The first-order valence-corrected chi connectivity index (χ1v) is 6.90. The second-order valence-electron chi connectivity index (χ2n) is 4.45. The summed E-state index contributed by atoms with van der Waals surface area (Å²) in [7, 11) is 0. The van der Waals surface area contributed by atoms with E-state index >= 15 is 0 Å². The van der Waals surface area contributed by atoms with Crippen LogP contribution < -0.4 is 5.32 Å². The number of nitrogens with zero attached hydrogens (tertiary/aromatic N) is 1. The number of hydrogen-bond acceptors (Lipinski definition) is 2. The van der Waals surface area contributed by atoms with Gasteiger partial charge in [0.05, 0.1) is 0 Å². The molecule has 0 aliphatic heterocycles. The topological polar surface area (TPSA) is 24.9 Å².